The lowest BCUT2D eigenvalue weighted by molar-refractivity contribution is -0.117. The van der Waals surface area contributed by atoms with Crippen molar-refractivity contribution in [2.45, 2.75) is 6.42 Å². The van der Waals surface area contributed by atoms with E-state index >= 15 is 0 Å². The normalized spacial score (nSPS) is 22.2. The van der Waals surface area contributed by atoms with Crippen LogP contribution in [0.2, 0.25) is 0 Å². The Balaban J connectivity index is 2.44. The summed E-state index contributed by atoms with van der Waals surface area (Å²) in [7, 11) is 0. The van der Waals surface area contributed by atoms with E-state index in [9.17, 15) is 4.79 Å². The molecule has 0 unspecified atom stereocenters. The third-order valence-electron chi connectivity index (χ3n) is 1.77. The van der Waals surface area contributed by atoms with E-state index in [0.717, 1.165) is 11.1 Å². The molecule has 56 valence electrons. The van der Waals surface area contributed by atoms with Crippen molar-refractivity contribution < 1.29 is 4.79 Å². The highest BCUT2D eigenvalue weighted by Gasteiger charge is 2.21. The van der Waals surface area contributed by atoms with E-state index in [0.29, 0.717) is 18.8 Å². The smallest absolute Gasteiger partial charge is 0.251 e. The van der Waals surface area contributed by atoms with Crippen molar-refractivity contribution in [1.29, 1.82) is 0 Å². The largest absolute Gasteiger partial charge is 0.383 e. The van der Waals surface area contributed by atoms with Crippen LogP contribution >= 0.6 is 0 Å². The average Bonchev–Trinajstić information content (AvgIpc) is 2.34. The molecule has 0 aromatic heterocycles. The summed E-state index contributed by atoms with van der Waals surface area (Å²) in [6.07, 6.45) is 2.07. The number of nitrogens with zero attached hydrogens (tertiary/aromatic N) is 2. The molecule has 0 aromatic carbocycles. The van der Waals surface area contributed by atoms with Gasteiger partial charge in [0.05, 0.1) is 13.0 Å². The molecular weight excluding hydrogens is 142 g/mol. The quantitative estimate of drug-likeness (QED) is 0.511. The minimum absolute atomic E-state index is 0.160. The topological polar surface area (TPSA) is 67.8 Å². The molecule has 0 aromatic rings. The fourth-order valence-corrected chi connectivity index (χ4v) is 1.24. The van der Waals surface area contributed by atoms with Crippen molar-refractivity contribution in [3.8, 4) is 0 Å². The zero-order valence-electron chi connectivity index (χ0n) is 5.87. The third-order valence-corrected chi connectivity index (χ3v) is 1.77. The Kier molecular flexibility index (Phi) is 1.15. The van der Waals surface area contributed by atoms with Crippen LogP contribution in [0.5, 0.6) is 0 Å². The van der Waals surface area contributed by atoms with E-state index in [1.165, 1.54) is 0 Å². The lowest BCUT2D eigenvalue weighted by Gasteiger charge is -2.08. The number of dihydropyridines is 1. The predicted molar refractivity (Wildman–Crippen MR) is 41.6 cm³/mol. The van der Waals surface area contributed by atoms with Gasteiger partial charge >= 0.3 is 0 Å². The first-order chi connectivity index (χ1) is 5.27. The molecular formula is C7H7N3O. The van der Waals surface area contributed by atoms with Gasteiger partial charge in [0.2, 0.25) is 0 Å². The van der Waals surface area contributed by atoms with Gasteiger partial charge in [0.25, 0.3) is 5.91 Å². The minimum Gasteiger partial charge on any atom is -0.383 e. The average molecular weight is 149 g/mol. The molecule has 0 aliphatic carbocycles. The molecule has 1 amide bonds. The SMILES string of the molecule is NC1=NC(=O)CC2=C1C=NC2. The van der Waals surface area contributed by atoms with Crippen molar-refractivity contribution in [3.63, 3.8) is 0 Å². The maximum absolute atomic E-state index is 10.9. The van der Waals surface area contributed by atoms with Crippen molar-refractivity contribution >= 4 is 18.0 Å². The first kappa shape index (κ1) is 6.27. The second-order valence-corrected chi connectivity index (χ2v) is 2.55. The van der Waals surface area contributed by atoms with E-state index in [4.69, 9.17) is 5.73 Å². The maximum Gasteiger partial charge on any atom is 0.251 e. The number of rotatable bonds is 0. The number of nitrogens with two attached hydrogens (primary N) is 1. The Bertz CT molecular complexity index is 312. The van der Waals surface area contributed by atoms with Crippen LogP contribution in [0.15, 0.2) is 21.1 Å². The van der Waals surface area contributed by atoms with Gasteiger partial charge in [-0.05, 0) is 5.57 Å². The Morgan fingerprint density at radius 2 is 2.36 bits per heavy atom. The van der Waals surface area contributed by atoms with Gasteiger partial charge in [-0.3, -0.25) is 9.79 Å². The van der Waals surface area contributed by atoms with Crippen molar-refractivity contribution in [3.05, 3.63) is 11.1 Å². The van der Waals surface area contributed by atoms with Gasteiger partial charge in [-0.1, -0.05) is 0 Å². The monoisotopic (exact) mass is 149 g/mol. The fourth-order valence-electron chi connectivity index (χ4n) is 1.24. The second-order valence-electron chi connectivity index (χ2n) is 2.55. The molecule has 2 aliphatic heterocycles. The number of carbonyl (C=O) groups excluding carboxylic acids is 1. The number of hydrogen-bond donors (Lipinski definition) is 1. The minimum atomic E-state index is -0.160. The molecule has 4 heteroatoms. The number of amidine groups is 1. The van der Waals surface area contributed by atoms with Gasteiger partial charge in [-0.2, -0.15) is 4.99 Å². The predicted octanol–water partition coefficient (Wildman–Crippen LogP) is -0.345. The second kappa shape index (κ2) is 2.02. The molecule has 0 radical (unpaired) electrons. The van der Waals surface area contributed by atoms with E-state index in [1.807, 2.05) is 0 Å². The van der Waals surface area contributed by atoms with Crippen LogP contribution in [0.1, 0.15) is 6.42 Å². The molecule has 2 heterocycles. The molecule has 2 aliphatic rings. The van der Waals surface area contributed by atoms with Gasteiger partial charge < -0.3 is 5.73 Å². The molecule has 2 N–H and O–H groups in total. The summed E-state index contributed by atoms with van der Waals surface area (Å²) >= 11 is 0. The molecule has 0 spiro atoms. The van der Waals surface area contributed by atoms with Crippen molar-refractivity contribution in [2.75, 3.05) is 6.54 Å². The Labute approximate surface area is 63.5 Å². The highest BCUT2D eigenvalue weighted by atomic mass is 16.1. The van der Waals surface area contributed by atoms with Crippen LogP contribution in [0.25, 0.3) is 0 Å². The zero-order valence-corrected chi connectivity index (χ0v) is 5.87. The highest BCUT2D eigenvalue weighted by Crippen LogP contribution is 2.18. The first-order valence-electron chi connectivity index (χ1n) is 3.36. The maximum atomic E-state index is 10.9. The van der Waals surface area contributed by atoms with Crippen LogP contribution in [0.4, 0.5) is 0 Å². The van der Waals surface area contributed by atoms with E-state index in [2.05, 4.69) is 9.98 Å². The lowest BCUT2D eigenvalue weighted by atomic mass is 10.0. The summed E-state index contributed by atoms with van der Waals surface area (Å²) < 4.78 is 0. The van der Waals surface area contributed by atoms with Gasteiger partial charge in [0, 0.05) is 11.8 Å². The molecule has 11 heavy (non-hydrogen) atoms. The van der Waals surface area contributed by atoms with Crippen LogP contribution in [-0.2, 0) is 4.79 Å². The van der Waals surface area contributed by atoms with Crippen molar-refractivity contribution in [1.82, 2.24) is 0 Å². The number of hydrogen-bond acceptors (Lipinski definition) is 3. The summed E-state index contributed by atoms with van der Waals surface area (Å²) in [6, 6.07) is 0. The number of amides is 1. The summed E-state index contributed by atoms with van der Waals surface area (Å²) in [4.78, 5) is 18.5. The van der Waals surface area contributed by atoms with E-state index in [-0.39, 0.29) is 5.91 Å². The van der Waals surface area contributed by atoms with Crippen LogP contribution in [-0.4, -0.2) is 24.5 Å². The first-order valence-corrected chi connectivity index (χ1v) is 3.36. The zero-order chi connectivity index (χ0) is 7.84. The Morgan fingerprint density at radius 1 is 1.55 bits per heavy atom. The van der Waals surface area contributed by atoms with Crippen LogP contribution in [0, 0.1) is 0 Å². The van der Waals surface area contributed by atoms with Gasteiger partial charge in [-0.15, -0.1) is 0 Å². The summed E-state index contributed by atoms with van der Waals surface area (Å²) in [5.41, 5.74) is 7.34. The molecule has 4 nitrogen and oxygen atoms in total. The highest BCUT2D eigenvalue weighted by molar-refractivity contribution is 6.20. The van der Waals surface area contributed by atoms with Crippen LogP contribution < -0.4 is 5.73 Å². The molecule has 0 bridgehead atoms. The third kappa shape index (κ3) is 0.869. The van der Waals surface area contributed by atoms with Gasteiger partial charge in [0.15, 0.2) is 0 Å². The summed E-state index contributed by atoms with van der Waals surface area (Å²) in [5.74, 6) is 0.157. The van der Waals surface area contributed by atoms with E-state index in [1.54, 1.807) is 6.21 Å². The fraction of sp³-hybridized carbons (Fsp3) is 0.286. The standard InChI is InChI=1S/C7H7N3O/c8-7-5-3-9-2-4(5)1-6(11)10-7/h3H,1-2H2,(H2,8,10,11). The number of carbonyl (C=O) groups is 1. The van der Waals surface area contributed by atoms with Crippen LogP contribution in [0.3, 0.4) is 0 Å². The number of aliphatic imine (C=N–C) groups is 2. The molecule has 0 saturated heterocycles. The molecule has 2 rings (SSSR count). The van der Waals surface area contributed by atoms with E-state index < -0.39 is 0 Å². The molecule has 0 fully saturated rings. The Morgan fingerprint density at radius 3 is 3.18 bits per heavy atom. The summed E-state index contributed by atoms with van der Waals surface area (Å²) in [5, 5.41) is 0. The van der Waals surface area contributed by atoms with Crippen molar-refractivity contribution in [2.24, 2.45) is 15.7 Å². The Hall–Kier alpha value is -1.45. The van der Waals surface area contributed by atoms with Gasteiger partial charge in [0.1, 0.15) is 5.84 Å². The lowest BCUT2D eigenvalue weighted by Crippen LogP contribution is -2.22. The molecule has 0 saturated carbocycles. The molecule has 0 atom stereocenters. The van der Waals surface area contributed by atoms with Gasteiger partial charge in [-0.25, -0.2) is 0 Å². The summed E-state index contributed by atoms with van der Waals surface area (Å²) in [6.45, 7) is 0.608.